The van der Waals surface area contributed by atoms with Crippen LogP contribution in [0.2, 0.25) is 0 Å². The fourth-order valence-corrected chi connectivity index (χ4v) is 2.07. The molecular formula is C13H15N5O2. The molecular weight excluding hydrogens is 258 g/mol. The summed E-state index contributed by atoms with van der Waals surface area (Å²) in [4.78, 5) is 4.43. The van der Waals surface area contributed by atoms with Gasteiger partial charge in [-0.05, 0) is 12.1 Å². The van der Waals surface area contributed by atoms with Gasteiger partial charge in [0.05, 0.1) is 19.8 Å². The van der Waals surface area contributed by atoms with Gasteiger partial charge in [-0.1, -0.05) is 6.92 Å². The highest BCUT2D eigenvalue weighted by atomic mass is 16.5. The van der Waals surface area contributed by atoms with Crippen molar-refractivity contribution < 1.29 is 9.47 Å². The molecule has 104 valence electrons. The molecule has 0 radical (unpaired) electrons. The van der Waals surface area contributed by atoms with Crippen molar-refractivity contribution in [1.29, 1.82) is 0 Å². The molecule has 0 aliphatic carbocycles. The van der Waals surface area contributed by atoms with Crippen molar-refractivity contribution in [3.8, 4) is 22.9 Å². The van der Waals surface area contributed by atoms with Crippen LogP contribution in [0.15, 0.2) is 18.2 Å². The maximum absolute atomic E-state index is 5.39. The van der Waals surface area contributed by atoms with Gasteiger partial charge in [-0.15, -0.1) is 10.2 Å². The number of hydrogen-bond donors (Lipinski definition) is 1. The third kappa shape index (κ3) is 1.87. The number of methoxy groups -OCH3 is 2. The van der Waals surface area contributed by atoms with Crippen LogP contribution >= 0.6 is 0 Å². The Morgan fingerprint density at radius 2 is 2.05 bits per heavy atom. The van der Waals surface area contributed by atoms with Crippen molar-refractivity contribution in [2.75, 3.05) is 14.2 Å². The first-order valence-corrected chi connectivity index (χ1v) is 6.29. The number of nitrogens with zero attached hydrogens (tertiary/aromatic N) is 4. The van der Waals surface area contributed by atoms with Gasteiger partial charge in [-0.3, -0.25) is 5.10 Å². The summed E-state index contributed by atoms with van der Waals surface area (Å²) in [6.45, 7) is 2.02. The zero-order valence-electron chi connectivity index (χ0n) is 11.5. The van der Waals surface area contributed by atoms with Crippen LogP contribution in [0.3, 0.4) is 0 Å². The summed E-state index contributed by atoms with van der Waals surface area (Å²) in [5.41, 5.74) is 0.848. The van der Waals surface area contributed by atoms with Crippen molar-refractivity contribution in [3.05, 3.63) is 24.0 Å². The number of aromatic amines is 1. The molecule has 3 aromatic rings. The van der Waals surface area contributed by atoms with Crippen LogP contribution in [0.25, 0.3) is 17.2 Å². The van der Waals surface area contributed by atoms with Crippen LogP contribution in [0.1, 0.15) is 12.7 Å². The molecule has 0 saturated carbocycles. The maximum Gasteiger partial charge on any atom is 0.272 e. The van der Waals surface area contributed by atoms with Crippen LogP contribution in [-0.2, 0) is 6.42 Å². The zero-order chi connectivity index (χ0) is 14.1. The summed E-state index contributed by atoms with van der Waals surface area (Å²) >= 11 is 0. The van der Waals surface area contributed by atoms with Crippen LogP contribution < -0.4 is 9.47 Å². The summed E-state index contributed by atoms with van der Waals surface area (Å²) in [6.07, 6.45) is 0.780. The van der Waals surface area contributed by atoms with Crippen LogP contribution in [0, 0.1) is 0 Å². The normalized spacial score (nSPS) is 10.9. The fraction of sp³-hybridized carbons (Fsp3) is 0.308. The summed E-state index contributed by atoms with van der Waals surface area (Å²) in [5.74, 6) is 3.50. The monoisotopic (exact) mass is 273 g/mol. The van der Waals surface area contributed by atoms with Crippen molar-refractivity contribution in [2.24, 2.45) is 0 Å². The van der Waals surface area contributed by atoms with E-state index in [0.29, 0.717) is 17.4 Å². The molecule has 1 N–H and O–H groups in total. The molecule has 2 aromatic heterocycles. The van der Waals surface area contributed by atoms with E-state index in [0.717, 1.165) is 23.6 Å². The first-order chi connectivity index (χ1) is 9.76. The molecule has 20 heavy (non-hydrogen) atoms. The van der Waals surface area contributed by atoms with Crippen molar-refractivity contribution in [2.45, 2.75) is 13.3 Å². The van der Waals surface area contributed by atoms with E-state index in [-0.39, 0.29) is 0 Å². The van der Waals surface area contributed by atoms with Gasteiger partial charge >= 0.3 is 0 Å². The lowest BCUT2D eigenvalue weighted by Crippen LogP contribution is -1.95. The zero-order valence-corrected chi connectivity index (χ0v) is 11.5. The van der Waals surface area contributed by atoms with Gasteiger partial charge in [0, 0.05) is 12.5 Å². The molecule has 7 heteroatoms. The second-order valence-corrected chi connectivity index (χ2v) is 4.24. The van der Waals surface area contributed by atoms with E-state index < -0.39 is 0 Å². The lowest BCUT2D eigenvalue weighted by molar-refractivity contribution is 0.395. The second kappa shape index (κ2) is 4.84. The Bertz CT molecular complexity index is 746. The van der Waals surface area contributed by atoms with E-state index in [1.54, 1.807) is 18.7 Å². The number of ether oxygens (including phenoxy) is 2. The standard InChI is InChI=1S/C13H15N5O2/c1-4-11-15-16-13-14-12(17-18(11)13)9-6-5-8(19-2)7-10(9)20-3/h5-7H,4H2,1-3H3,(H,14,16,17). The molecule has 0 bridgehead atoms. The highest BCUT2D eigenvalue weighted by Crippen LogP contribution is 2.31. The molecule has 7 nitrogen and oxygen atoms in total. The van der Waals surface area contributed by atoms with Gasteiger partial charge < -0.3 is 9.47 Å². The highest BCUT2D eigenvalue weighted by molar-refractivity contribution is 5.66. The highest BCUT2D eigenvalue weighted by Gasteiger charge is 2.14. The molecule has 0 aliphatic rings. The van der Waals surface area contributed by atoms with E-state index in [9.17, 15) is 0 Å². The maximum atomic E-state index is 5.39. The van der Waals surface area contributed by atoms with Crippen LogP contribution in [0.4, 0.5) is 0 Å². The Balaban J connectivity index is 2.12. The quantitative estimate of drug-likeness (QED) is 0.782. The predicted octanol–water partition coefficient (Wildman–Crippen LogP) is 1.70. The minimum Gasteiger partial charge on any atom is -0.497 e. The van der Waals surface area contributed by atoms with E-state index in [1.165, 1.54) is 0 Å². The molecule has 0 amide bonds. The third-order valence-electron chi connectivity index (χ3n) is 3.12. The van der Waals surface area contributed by atoms with E-state index in [4.69, 9.17) is 9.47 Å². The van der Waals surface area contributed by atoms with E-state index >= 15 is 0 Å². The molecule has 3 rings (SSSR count). The molecule has 0 saturated heterocycles. The number of rotatable bonds is 4. The van der Waals surface area contributed by atoms with E-state index in [1.807, 2.05) is 25.1 Å². The minimum atomic E-state index is 0.551. The number of H-pyrrole nitrogens is 1. The molecule has 0 unspecified atom stereocenters. The molecule has 0 fully saturated rings. The Kier molecular flexibility index (Phi) is 3.02. The molecule has 0 atom stereocenters. The number of aryl methyl sites for hydroxylation is 1. The van der Waals surface area contributed by atoms with E-state index in [2.05, 4.69) is 20.3 Å². The number of fused-ring (bicyclic) bond motifs is 1. The smallest absolute Gasteiger partial charge is 0.272 e. The Morgan fingerprint density at radius 1 is 1.20 bits per heavy atom. The van der Waals surface area contributed by atoms with Gasteiger partial charge in [0.15, 0.2) is 11.6 Å². The molecule has 1 aromatic carbocycles. The average Bonchev–Trinajstić information content (AvgIpc) is 3.06. The summed E-state index contributed by atoms with van der Waals surface area (Å²) in [5, 5.41) is 11.3. The molecule has 2 heterocycles. The second-order valence-electron chi connectivity index (χ2n) is 4.24. The number of benzene rings is 1. The van der Waals surface area contributed by atoms with Gasteiger partial charge in [-0.2, -0.15) is 4.98 Å². The van der Waals surface area contributed by atoms with Gasteiger partial charge in [-0.25, -0.2) is 4.52 Å². The lowest BCUT2D eigenvalue weighted by atomic mass is 10.2. The first kappa shape index (κ1) is 12.5. The van der Waals surface area contributed by atoms with Gasteiger partial charge in [0.25, 0.3) is 5.78 Å². The molecule has 0 spiro atoms. The fourth-order valence-electron chi connectivity index (χ4n) is 2.07. The van der Waals surface area contributed by atoms with Crippen molar-refractivity contribution in [3.63, 3.8) is 0 Å². The van der Waals surface area contributed by atoms with Gasteiger partial charge in [0.1, 0.15) is 11.5 Å². The predicted molar refractivity (Wildman–Crippen MR) is 73.1 cm³/mol. The summed E-state index contributed by atoms with van der Waals surface area (Å²) in [7, 11) is 3.24. The average molecular weight is 273 g/mol. The first-order valence-electron chi connectivity index (χ1n) is 6.29. The molecule has 0 aliphatic heterocycles. The van der Waals surface area contributed by atoms with Crippen LogP contribution in [-0.4, -0.2) is 39.0 Å². The van der Waals surface area contributed by atoms with Crippen molar-refractivity contribution >= 4 is 5.78 Å². The Labute approximate surface area is 115 Å². The number of aromatic nitrogens is 5. The third-order valence-corrected chi connectivity index (χ3v) is 3.12. The Morgan fingerprint density at radius 3 is 2.75 bits per heavy atom. The minimum absolute atomic E-state index is 0.551. The number of hydrogen-bond acceptors (Lipinski definition) is 5. The largest absolute Gasteiger partial charge is 0.497 e. The van der Waals surface area contributed by atoms with Gasteiger partial charge in [0.2, 0.25) is 0 Å². The van der Waals surface area contributed by atoms with Crippen molar-refractivity contribution in [1.82, 2.24) is 24.8 Å². The number of nitrogens with one attached hydrogen (secondary N) is 1. The van der Waals surface area contributed by atoms with Crippen LogP contribution in [0.5, 0.6) is 11.5 Å². The summed E-state index contributed by atoms with van der Waals surface area (Å²) in [6, 6.07) is 5.58. The SMILES string of the molecule is CCc1nnc2nc(-c3ccc(OC)cc3OC)[nH]n12. The topological polar surface area (TPSA) is 77.3 Å². The lowest BCUT2D eigenvalue weighted by Gasteiger charge is -2.08. The Hall–Kier alpha value is -2.57. The summed E-state index contributed by atoms with van der Waals surface area (Å²) < 4.78 is 12.4.